The summed E-state index contributed by atoms with van der Waals surface area (Å²) in [6.07, 6.45) is 5.52. The Morgan fingerprint density at radius 1 is 1.17 bits per heavy atom. The van der Waals surface area contributed by atoms with Crippen LogP contribution in [0.25, 0.3) is 0 Å². The fourth-order valence-electron chi connectivity index (χ4n) is 2.63. The summed E-state index contributed by atoms with van der Waals surface area (Å²) in [6.45, 7) is 7.91. The van der Waals surface area contributed by atoms with E-state index in [2.05, 4.69) is 20.8 Å². The van der Waals surface area contributed by atoms with Gasteiger partial charge in [-0.1, -0.05) is 33.6 Å². The highest BCUT2D eigenvalue weighted by Crippen LogP contribution is 2.45. The average Bonchev–Trinajstić information content (AvgIpc) is 2.52. The maximum Gasteiger partial charge on any atom is -0.00179 e. The standard InChI is InChI=1S/C11H23N/c1-9(2)10(3)11(8-12)6-4-5-7-11/h9-10H,4-8,12H2,1-3H3. The van der Waals surface area contributed by atoms with Crippen molar-refractivity contribution in [2.24, 2.45) is 23.0 Å². The van der Waals surface area contributed by atoms with Crippen LogP contribution in [-0.4, -0.2) is 6.54 Å². The van der Waals surface area contributed by atoms with Crippen LogP contribution in [0, 0.1) is 17.3 Å². The van der Waals surface area contributed by atoms with Crippen molar-refractivity contribution < 1.29 is 0 Å². The van der Waals surface area contributed by atoms with Gasteiger partial charge in [-0.25, -0.2) is 0 Å². The van der Waals surface area contributed by atoms with Gasteiger partial charge in [0.15, 0.2) is 0 Å². The summed E-state index contributed by atoms with van der Waals surface area (Å²) in [5.41, 5.74) is 6.40. The lowest BCUT2D eigenvalue weighted by Crippen LogP contribution is -2.36. The minimum atomic E-state index is 0.494. The van der Waals surface area contributed by atoms with Gasteiger partial charge >= 0.3 is 0 Å². The zero-order valence-electron chi connectivity index (χ0n) is 8.77. The summed E-state index contributed by atoms with van der Waals surface area (Å²) >= 11 is 0. The molecule has 0 bridgehead atoms. The minimum absolute atomic E-state index is 0.494. The molecular weight excluding hydrogens is 146 g/mol. The molecule has 0 amide bonds. The highest BCUT2D eigenvalue weighted by molar-refractivity contribution is 4.90. The molecule has 0 saturated heterocycles. The van der Waals surface area contributed by atoms with Crippen LogP contribution in [0.4, 0.5) is 0 Å². The molecule has 1 fully saturated rings. The third kappa shape index (κ3) is 1.66. The zero-order valence-corrected chi connectivity index (χ0v) is 8.77. The van der Waals surface area contributed by atoms with Crippen molar-refractivity contribution in [2.45, 2.75) is 46.5 Å². The van der Waals surface area contributed by atoms with Gasteiger partial charge in [-0.05, 0) is 36.6 Å². The van der Waals surface area contributed by atoms with Crippen molar-refractivity contribution in [3.05, 3.63) is 0 Å². The van der Waals surface area contributed by atoms with Crippen LogP contribution in [0.3, 0.4) is 0 Å². The second kappa shape index (κ2) is 3.78. The van der Waals surface area contributed by atoms with Crippen molar-refractivity contribution in [2.75, 3.05) is 6.54 Å². The van der Waals surface area contributed by atoms with Gasteiger partial charge in [-0.3, -0.25) is 0 Å². The first-order chi connectivity index (χ1) is 5.62. The van der Waals surface area contributed by atoms with E-state index in [0.717, 1.165) is 18.4 Å². The van der Waals surface area contributed by atoms with Gasteiger partial charge in [0, 0.05) is 0 Å². The monoisotopic (exact) mass is 169 g/mol. The molecule has 1 saturated carbocycles. The first-order valence-electron chi connectivity index (χ1n) is 5.32. The maximum absolute atomic E-state index is 5.91. The number of hydrogen-bond donors (Lipinski definition) is 1. The average molecular weight is 169 g/mol. The van der Waals surface area contributed by atoms with Gasteiger partial charge in [0.1, 0.15) is 0 Å². The summed E-state index contributed by atoms with van der Waals surface area (Å²) in [6, 6.07) is 0. The molecule has 1 heteroatoms. The Morgan fingerprint density at radius 3 is 2.00 bits per heavy atom. The predicted molar refractivity (Wildman–Crippen MR) is 54.0 cm³/mol. The van der Waals surface area contributed by atoms with Crippen LogP contribution in [0.15, 0.2) is 0 Å². The molecule has 1 aliphatic carbocycles. The van der Waals surface area contributed by atoms with Crippen molar-refractivity contribution in [1.29, 1.82) is 0 Å². The molecular formula is C11H23N. The van der Waals surface area contributed by atoms with Crippen LogP contribution < -0.4 is 5.73 Å². The fraction of sp³-hybridized carbons (Fsp3) is 1.00. The van der Waals surface area contributed by atoms with E-state index in [0.29, 0.717) is 5.41 Å². The molecule has 0 aromatic rings. The molecule has 1 unspecified atom stereocenters. The largest absolute Gasteiger partial charge is 0.330 e. The second-order valence-corrected chi connectivity index (χ2v) is 4.81. The molecule has 1 rings (SSSR count). The molecule has 0 spiro atoms. The van der Waals surface area contributed by atoms with E-state index in [1.165, 1.54) is 25.7 Å². The number of nitrogens with two attached hydrogens (primary N) is 1. The van der Waals surface area contributed by atoms with Gasteiger partial charge in [0.2, 0.25) is 0 Å². The molecule has 2 N–H and O–H groups in total. The van der Waals surface area contributed by atoms with Gasteiger partial charge in [0.25, 0.3) is 0 Å². The second-order valence-electron chi connectivity index (χ2n) is 4.81. The Kier molecular flexibility index (Phi) is 3.16. The third-order valence-corrected chi connectivity index (χ3v) is 3.97. The summed E-state index contributed by atoms with van der Waals surface area (Å²) in [7, 11) is 0. The van der Waals surface area contributed by atoms with E-state index in [1.807, 2.05) is 0 Å². The normalized spacial score (nSPS) is 24.8. The fourth-order valence-corrected chi connectivity index (χ4v) is 2.63. The van der Waals surface area contributed by atoms with Crippen molar-refractivity contribution in [3.8, 4) is 0 Å². The Balaban J connectivity index is 2.65. The summed E-state index contributed by atoms with van der Waals surface area (Å²) in [4.78, 5) is 0. The summed E-state index contributed by atoms with van der Waals surface area (Å²) < 4.78 is 0. The molecule has 12 heavy (non-hydrogen) atoms. The third-order valence-electron chi connectivity index (χ3n) is 3.97. The summed E-state index contributed by atoms with van der Waals surface area (Å²) in [5, 5.41) is 0. The Labute approximate surface area is 76.7 Å². The Bertz CT molecular complexity index is 134. The molecule has 0 aromatic carbocycles. The Morgan fingerprint density at radius 2 is 1.67 bits per heavy atom. The lowest BCUT2D eigenvalue weighted by molar-refractivity contribution is 0.144. The Hall–Kier alpha value is -0.0400. The zero-order chi connectivity index (χ0) is 9.19. The van der Waals surface area contributed by atoms with Crippen LogP contribution in [0.2, 0.25) is 0 Å². The highest BCUT2D eigenvalue weighted by atomic mass is 14.6. The highest BCUT2D eigenvalue weighted by Gasteiger charge is 2.38. The number of rotatable bonds is 3. The number of hydrogen-bond acceptors (Lipinski definition) is 1. The molecule has 0 aliphatic heterocycles. The minimum Gasteiger partial charge on any atom is -0.330 e. The van der Waals surface area contributed by atoms with Crippen LogP contribution in [-0.2, 0) is 0 Å². The van der Waals surface area contributed by atoms with E-state index >= 15 is 0 Å². The van der Waals surface area contributed by atoms with Gasteiger partial charge in [-0.15, -0.1) is 0 Å². The van der Waals surface area contributed by atoms with Crippen LogP contribution in [0.5, 0.6) is 0 Å². The first-order valence-corrected chi connectivity index (χ1v) is 5.32. The topological polar surface area (TPSA) is 26.0 Å². The van der Waals surface area contributed by atoms with Gasteiger partial charge in [-0.2, -0.15) is 0 Å². The van der Waals surface area contributed by atoms with E-state index in [9.17, 15) is 0 Å². The lowest BCUT2D eigenvalue weighted by Gasteiger charge is -2.36. The molecule has 1 nitrogen and oxygen atoms in total. The molecule has 72 valence electrons. The predicted octanol–water partition coefficient (Wildman–Crippen LogP) is 2.80. The van der Waals surface area contributed by atoms with E-state index < -0.39 is 0 Å². The lowest BCUT2D eigenvalue weighted by atomic mass is 9.70. The maximum atomic E-state index is 5.91. The van der Waals surface area contributed by atoms with E-state index in [4.69, 9.17) is 5.73 Å². The van der Waals surface area contributed by atoms with Gasteiger partial charge in [0.05, 0.1) is 0 Å². The van der Waals surface area contributed by atoms with Crippen LogP contribution >= 0.6 is 0 Å². The first kappa shape index (κ1) is 10.0. The molecule has 0 aromatic heterocycles. The quantitative estimate of drug-likeness (QED) is 0.690. The smallest absolute Gasteiger partial charge is 0.00179 e. The molecule has 1 aliphatic rings. The summed E-state index contributed by atoms with van der Waals surface area (Å²) in [5.74, 6) is 1.58. The van der Waals surface area contributed by atoms with E-state index in [1.54, 1.807) is 0 Å². The van der Waals surface area contributed by atoms with Crippen molar-refractivity contribution in [3.63, 3.8) is 0 Å². The SMILES string of the molecule is CC(C)C(C)C1(CN)CCCC1. The molecule has 0 radical (unpaired) electrons. The van der Waals surface area contributed by atoms with Crippen molar-refractivity contribution in [1.82, 2.24) is 0 Å². The van der Waals surface area contributed by atoms with E-state index in [-0.39, 0.29) is 0 Å². The van der Waals surface area contributed by atoms with Gasteiger partial charge < -0.3 is 5.73 Å². The molecule has 0 heterocycles. The van der Waals surface area contributed by atoms with Crippen LogP contribution in [0.1, 0.15) is 46.5 Å². The van der Waals surface area contributed by atoms with Crippen molar-refractivity contribution >= 4 is 0 Å². The molecule has 1 atom stereocenters.